The Labute approximate surface area is 149 Å². The van der Waals surface area contributed by atoms with E-state index >= 15 is 0 Å². The van der Waals surface area contributed by atoms with E-state index in [4.69, 9.17) is 9.26 Å². The first-order valence-electron chi connectivity index (χ1n) is 9.30. The SMILES string of the molecule is CCCCCCCCCCc1ccc(OC(=O)CC(C)OP)cc1. The van der Waals surface area contributed by atoms with Crippen LogP contribution in [0.15, 0.2) is 24.3 Å². The van der Waals surface area contributed by atoms with Crippen molar-refractivity contribution in [1.82, 2.24) is 0 Å². The molecule has 0 N–H and O–H groups in total. The Bertz CT molecular complexity index is 445. The fourth-order valence-corrected chi connectivity index (χ4v) is 2.74. The number of hydrogen-bond acceptors (Lipinski definition) is 3. The second kappa shape index (κ2) is 13.4. The van der Waals surface area contributed by atoms with E-state index in [0.29, 0.717) is 5.75 Å². The van der Waals surface area contributed by atoms with E-state index in [1.165, 1.54) is 56.9 Å². The number of unbranched alkanes of at least 4 members (excludes halogenated alkanes) is 7. The van der Waals surface area contributed by atoms with Gasteiger partial charge in [0.25, 0.3) is 0 Å². The fourth-order valence-electron chi connectivity index (χ4n) is 2.64. The Morgan fingerprint density at radius 2 is 1.58 bits per heavy atom. The van der Waals surface area contributed by atoms with Gasteiger partial charge in [-0.05, 0) is 37.5 Å². The van der Waals surface area contributed by atoms with Gasteiger partial charge in [0.15, 0.2) is 0 Å². The highest BCUT2D eigenvalue weighted by Crippen LogP contribution is 2.16. The topological polar surface area (TPSA) is 35.5 Å². The van der Waals surface area contributed by atoms with Gasteiger partial charge in [0.2, 0.25) is 0 Å². The number of benzene rings is 1. The number of ether oxygens (including phenoxy) is 1. The van der Waals surface area contributed by atoms with Gasteiger partial charge in [-0.15, -0.1) is 0 Å². The van der Waals surface area contributed by atoms with Crippen LogP contribution in [0.1, 0.15) is 77.2 Å². The second-order valence-corrected chi connectivity index (χ2v) is 6.77. The summed E-state index contributed by atoms with van der Waals surface area (Å²) in [7, 11) is 2.17. The van der Waals surface area contributed by atoms with Gasteiger partial charge in [0.1, 0.15) is 5.75 Å². The van der Waals surface area contributed by atoms with Crippen LogP contribution >= 0.6 is 9.47 Å². The van der Waals surface area contributed by atoms with Crippen LogP contribution in [0.25, 0.3) is 0 Å². The molecule has 1 rings (SSSR count). The molecule has 2 unspecified atom stereocenters. The molecule has 0 saturated carbocycles. The molecule has 3 nitrogen and oxygen atoms in total. The third kappa shape index (κ3) is 10.1. The van der Waals surface area contributed by atoms with Crippen LogP contribution in [-0.4, -0.2) is 12.1 Å². The number of rotatable bonds is 13. The number of esters is 1. The summed E-state index contributed by atoms with van der Waals surface area (Å²) in [6.45, 7) is 4.09. The van der Waals surface area contributed by atoms with Crippen LogP contribution in [0.3, 0.4) is 0 Å². The van der Waals surface area contributed by atoms with Gasteiger partial charge in [-0.25, -0.2) is 0 Å². The van der Waals surface area contributed by atoms with Crippen LogP contribution in [0, 0.1) is 0 Å². The van der Waals surface area contributed by atoms with Crippen molar-refractivity contribution >= 4 is 15.4 Å². The van der Waals surface area contributed by atoms with Crippen molar-refractivity contribution in [2.24, 2.45) is 0 Å². The monoisotopic (exact) mass is 352 g/mol. The zero-order valence-corrected chi connectivity index (χ0v) is 16.4. The smallest absolute Gasteiger partial charge is 0.313 e. The molecule has 24 heavy (non-hydrogen) atoms. The third-order valence-corrected chi connectivity index (χ3v) is 4.63. The van der Waals surface area contributed by atoms with Crippen molar-refractivity contribution in [2.75, 3.05) is 0 Å². The second-order valence-electron chi connectivity index (χ2n) is 6.49. The maximum Gasteiger partial charge on any atom is 0.313 e. The summed E-state index contributed by atoms with van der Waals surface area (Å²) in [5.74, 6) is 0.344. The largest absolute Gasteiger partial charge is 0.426 e. The van der Waals surface area contributed by atoms with Gasteiger partial charge in [0.05, 0.1) is 12.5 Å². The molecule has 0 aliphatic carbocycles. The van der Waals surface area contributed by atoms with Crippen LogP contribution in [0.4, 0.5) is 0 Å². The first-order chi connectivity index (χ1) is 11.7. The van der Waals surface area contributed by atoms with E-state index < -0.39 is 0 Å². The molecule has 2 atom stereocenters. The van der Waals surface area contributed by atoms with E-state index in [2.05, 4.69) is 28.5 Å². The number of hydrogen-bond donors (Lipinski definition) is 0. The minimum atomic E-state index is -0.263. The predicted molar refractivity (Wildman–Crippen MR) is 103 cm³/mol. The Balaban J connectivity index is 2.17. The molecule has 0 amide bonds. The average molecular weight is 352 g/mol. The average Bonchev–Trinajstić information content (AvgIpc) is 2.58. The molecule has 0 heterocycles. The van der Waals surface area contributed by atoms with Crippen LogP contribution in [-0.2, 0) is 15.7 Å². The fraction of sp³-hybridized carbons (Fsp3) is 0.650. The molecule has 1 aromatic rings. The van der Waals surface area contributed by atoms with Gasteiger partial charge in [0, 0.05) is 9.47 Å². The van der Waals surface area contributed by atoms with Crippen molar-refractivity contribution in [3.05, 3.63) is 29.8 Å². The highest BCUT2D eigenvalue weighted by Gasteiger charge is 2.10. The number of aryl methyl sites for hydroxylation is 1. The summed E-state index contributed by atoms with van der Waals surface area (Å²) < 4.78 is 10.3. The standard InChI is InChI=1S/C20H33O3P/c1-3-4-5-6-7-8-9-10-11-18-12-14-19(15-13-18)22-20(21)16-17(2)23-24/h12-15,17H,3-11,16,24H2,1-2H3. The highest BCUT2D eigenvalue weighted by molar-refractivity contribution is 7.09. The van der Waals surface area contributed by atoms with Crippen LogP contribution in [0.5, 0.6) is 5.75 Å². The van der Waals surface area contributed by atoms with Crippen molar-refractivity contribution in [3.8, 4) is 5.75 Å². The molecule has 4 heteroatoms. The first-order valence-corrected chi connectivity index (χ1v) is 9.78. The van der Waals surface area contributed by atoms with E-state index in [1.54, 1.807) is 0 Å². The predicted octanol–water partition coefficient (Wildman–Crippen LogP) is 5.86. The summed E-state index contributed by atoms with van der Waals surface area (Å²) >= 11 is 0. The number of carbonyl (C=O) groups excluding carboxylic acids is 1. The quantitative estimate of drug-likeness (QED) is 0.193. The molecular formula is C20H33O3P. The zero-order chi connectivity index (χ0) is 17.6. The summed E-state index contributed by atoms with van der Waals surface area (Å²) in [4.78, 5) is 11.7. The summed E-state index contributed by atoms with van der Waals surface area (Å²) in [5, 5.41) is 0. The molecule has 0 aliphatic rings. The molecule has 0 fully saturated rings. The molecule has 0 radical (unpaired) electrons. The first kappa shape index (κ1) is 21.1. The lowest BCUT2D eigenvalue weighted by Gasteiger charge is -2.09. The van der Waals surface area contributed by atoms with Crippen LogP contribution < -0.4 is 4.74 Å². The van der Waals surface area contributed by atoms with Crippen LogP contribution in [0.2, 0.25) is 0 Å². The lowest BCUT2D eigenvalue weighted by molar-refractivity contribution is -0.135. The minimum absolute atomic E-state index is 0.149. The van der Waals surface area contributed by atoms with Gasteiger partial charge < -0.3 is 9.26 Å². The Morgan fingerprint density at radius 1 is 1.00 bits per heavy atom. The van der Waals surface area contributed by atoms with Gasteiger partial charge >= 0.3 is 5.97 Å². The van der Waals surface area contributed by atoms with Crippen molar-refractivity contribution in [3.63, 3.8) is 0 Å². The van der Waals surface area contributed by atoms with Crippen molar-refractivity contribution < 1.29 is 14.1 Å². The molecule has 1 aromatic carbocycles. The molecule has 0 spiro atoms. The molecule has 0 aliphatic heterocycles. The maximum absolute atomic E-state index is 11.7. The molecule has 136 valence electrons. The van der Waals surface area contributed by atoms with Gasteiger partial charge in [-0.1, -0.05) is 64.0 Å². The Kier molecular flexibility index (Phi) is 11.8. The van der Waals surface area contributed by atoms with Crippen molar-refractivity contribution in [2.45, 2.75) is 84.2 Å². The van der Waals surface area contributed by atoms with Gasteiger partial charge in [-0.3, -0.25) is 4.79 Å². The lowest BCUT2D eigenvalue weighted by atomic mass is 10.0. The van der Waals surface area contributed by atoms with E-state index in [9.17, 15) is 4.79 Å². The zero-order valence-electron chi connectivity index (χ0n) is 15.3. The van der Waals surface area contributed by atoms with E-state index in [-0.39, 0.29) is 18.5 Å². The molecule has 0 bridgehead atoms. The van der Waals surface area contributed by atoms with E-state index in [1.807, 2.05) is 19.1 Å². The number of carbonyl (C=O) groups is 1. The van der Waals surface area contributed by atoms with Crippen molar-refractivity contribution in [1.29, 1.82) is 0 Å². The molecule has 0 saturated heterocycles. The lowest BCUT2D eigenvalue weighted by Crippen LogP contribution is -2.15. The maximum atomic E-state index is 11.7. The minimum Gasteiger partial charge on any atom is -0.426 e. The van der Waals surface area contributed by atoms with Gasteiger partial charge in [-0.2, -0.15) is 0 Å². The normalized spacial score (nSPS) is 12.1. The Hall–Kier alpha value is -0.920. The summed E-state index contributed by atoms with van der Waals surface area (Å²) in [5.41, 5.74) is 1.31. The highest BCUT2D eigenvalue weighted by atomic mass is 31.0. The Morgan fingerprint density at radius 3 is 2.17 bits per heavy atom. The van der Waals surface area contributed by atoms with E-state index in [0.717, 1.165) is 6.42 Å². The summed E-state index contributed by atoms with van der Waals surface area (Å²) in [6, 6.07) is 7.87. The summed E-state index contributed by atoms with van der Waals surface area (Å²) in [6.07, 6.45) is 11.9. The third-order valence-electron chi connectivity index (χ3n) is 4.16. The molecule has 0 aromatic heterocycles. The molecular weight excluding hydrogens is 319 g/mol.